The van der Waals surface area contributed by atoms with Crippen molar-refractivity contribution in [2.24, 2.45) is 0 Å². The first-order chi connectivity index (χ1) is 11.3. The van der Waals surface area contributed by atoms with Crippen molar-refractivity contribution in [3.63, 3.8) is 0 Å². The number of nitrogens with one attached hydrogen (secondary N) is 1. The maximum absolute atomic E-state index is 12.7. The molecule has 0 unspecified atom stereocenters. The number of rotatable bonds is 6. The van der Waals surface area contributed by atoms with E-state index >= 15 is 0 Å². The molecular formula is C17H23N3O3. The second-order valence-electron chi connectivity index (χ2n) is 5.74. The number of aromatic amines is 1. The van der Waals surface area contributed by atoms with Crippen LogP contribution < -0.4 is 0 Å². The van der Waals surface area contributed by atoms with E-state index in [0.717, 1.165) is 43.8 Å². The zero-order chi connectivity index (χ0) is 16.1. The van der Waals surface area contributed by atoms with Crippen LogP contribution in [0.1, 0.15) is 10.5 Å². The average Bonchev–Trinajstić information content (AvgIpc) is 3.03. The first-order valence-corrected chi connectivity index (χ1v) is 8.06. The Morgan fingerprint density at radius 3 is 2.78 bits per heavy atom. The molecule has 0 aliphatic carbocycles. The number of aliphatic hydroxyl groups excluding tert-OH is 1. The highest BCUT2D eigenvalue weighted by atomic mass is 16.5. The van der Waals surface area contributed by atoms with Crippen molar-refractivity contribution in [2.45, 2.75) is 0 Å². The number of ether oxygens (including phenoxy) is 1. The Kier molecular flexibility index (Phi) is 5.27. The van der Waals surface area contributed by atoms with E-state index in [1.165, 1.54) is 0 Å². The highest BCUT2D eigenvalue weighted by Crippen LogP contribution is 2.16. The molecule has 6 heteroatoms. The number of aromatic nitrogens is 1. The lowest BCUT2D eigenvalue weighted by molar-refractivity contribution is 0.0314. The SMILES string of the molecule is O=C(c1cc2ccccc2[nH]1)N(CCO)CCN1CCOCC1. The van der Waals surface area contributed by atoms with Crippen molar-refractivity contribution in [1.82, 2.24) is 14.8 Å². The number of carbonyl (C=O) groups is 1. The number of aliphatic hydroxyl groups is 1. The van der Waals surface area contributed by atoms with Crippen molar-refractivity contribution in [2.75, 3.05) is 52.5 Å². The van der Waals surface area contributed by atoms with E-state index < -0.39 is 0 Å². The van der Waals surface area contributed by atoms with Gasteiger partial charge in [-0.2, -0.15) is 0 Å². The van der Waals surface area contributed by atoms with Crippen LogP contribution in [0.25, 0.3) is 10.9 Å². The van der Waals surface area contributed by atoms with Crippen LogP contribution in [0.2, 0.25) is 0 Å². The molecule has 2 heterocycles. The summed E-state index contributed by atoms with van der Waals surface area (Å²) in [5.41, 5.74) is 1.52. The molecule has 0 bridgehead atoms. The minimum atomic E-state index is -0.0662. The third-order valence-electron chi connectivity index (χ3n) is 4.21. The van der Waals surface area contributed by atoms with Gasteiger partial charge in [-0.3, -0.25) is 9.69 Å². The predicted octanol–water partition coefficient (Wildman–Crippen LogP) is 0.935. The van der Waals surface area contributed by atoms with Gasteiger partial charge in [0.15, 0.2) is 0 Å². The Labute approximate surface area is 135 Å². The molecular weight excluding hydrogens is 294 g/mol. The Balaban J connectivity index is 1.67. The standard InChI is InChI=1S/C17H23N3O3/c21-10-7-20(6-5-19-8-11-23-12-9-19)17(22)16-13-14-3-1-2-4-15(14)18-16/h1-4,13,18,21H,5-12H2. The largest absolute Gasteiger partial charge is 0.395 e. The fourth-order valence-corrected chi connectivity index (χ4v) is 2.88. The third kappa shape index (κ3) is 3.90. The zero-order valence-corrected chi connectivity index (χ0v) is 13.2. The number of H-pyrrole nitrogens is 1. The second kappa shape index (κ2) is 7.59. The molecule has 1 aliphatic rings. The Morgan fingerprint density at radius 2 is 2.04 bits per heavy atom. The van der Waals surface area contributed by atoms with E-state index in [1.54, 1.807) is 4.90 Å². The van der Waals surface area contributed by atoms with Gasteiger partial charge in [0.2, 0.25) is 0 Å². The van der Waals surface area contributed by atoms with Crippen molar-refractivity contribution < 1.29 is 14.6 Å². The number of fused-ring (bicyclic) bond motifs is 1. The van der Waals surface area contributed by atoms with Gasteiger partial charge in [-0.05, 0) is 12.1 Å². The van der Waals surface area contributed by atoms with Gasteiger partial charge in [0.05, 0.1) is 19.8 Å². The minimum absolute atomic E-state index is 0.0327. The Hall–Kier alpha value is -1.89. The van der Waals surface area contributed by atoms with Gasteiger partial charge in [0, 0.05) is 43.6 Å². The summed E-state index contributed by atoms with van der Waals surface area (Å²) in [7, 11) is 0. The summed E-state index contributed by atoms with van der Waals surface area (Å²) in [5.74, 6) is -0.0662. The summed E-state index contributed by atoms with van der Waals surface area (Å²) in [4.78, 5) is 19.9. The van der Waals surface area contributed by atoms with Crippen LogP contribution in [0.3, 0.4) is 0 Å². The first-order valence-electron chi connectivity index (χ1n) is 8.06. The quantitative estimate of drug-likeness (QED) is 0.832. The highest BCUT2D eigenvalue weighted by molar-refractivity contribution is 5.98. The lowest BCUT2D eigenvalue weighted by Crippen LogP contribution is -2.44. The number of carbonyl (C=O) groups excluding carboxylic acids is 1. The maximum atomic E-state index is 12.7. The van der Waals surface area contributed by atoms with Crippen LogP contribution in [-0.4, -0.2) is 78.3 Å². The molecule has 3 rings (SSSR count). The van der Waals surface area contributed by atoms with E-state index in [2.05, 4.69) is 9.88 Å². The smallest absolute Gasteiger partial charge is 0.270 e. The van der Waals surface area contributed by atoms with Crippen LogP contribution in [0.4, 0.5) is 0 Å². The summed E-state index contributed by atoms with van der Waals surface area (Å²) in [6, 6.07) is 9.70. The van der Waals surface area contributed by atoms with E-state index in [9.17, 15) is 9.90 Å². The van der Waals surface area contributed by atoms with Crippen molar-refractivity contribution in [3.05, 3.63) is 36.0 Å². The molecule has 1 amide bonds. The second-order valence-corrected chi connectivity index (χ2v) is 5.74. The van der Waals surface area contributed by atoms with Crippen LogP contribution in [-0.2, 0) is 4.74 Å². The number of nitrogens with zero attached hydrogens (tertiary/aromatic N) is 2. The number of para-hydroxylation sites is 1. The van der Waals surface area contributed by atoms with E-state index in [4.69, 9.17) is 4.74 Å². The van der Waals surface area contributed by atoms with Gasteiger partial charge in [-0.1, -0.05) is 18.2 Å². The minimum Gasteiger partial charge on any atom is -0.395 e. The van der Waals surface area contributed by atoms with Gasteiger partial charge in [-0.25, -0.2) is 0 Å². The van der Waals surface area contributed by atoms with E-state index in [0.29, 0.717) is 18.8 Å². The summed E-state index contributed by atoms with van der Waals surface area (Å²) < 4.78 is 5.34. The Bertz CT molecular complexity index is 616. The molecule has 0 saturated carbocycles. The summed E-state index contributed by atoms with van der Waals surface area (Å²) in [5, 5.41) is 10.3. The van der Waals surface area contributed by atoms with Crippen molar-refractivity contribution in [3.8, 4) is 0 Å². The molecule has 2 N–H and O–H groups in total. The number of hydrogen-bond acceptors (Lipinski definition) is 4. The number of hydrogen-bond donors (Lipinski definition) is 2. The first kappa shape index (κ1) is 16.0. The van der Waals surface area contributed by atoms with Gasteiger partial charge in [0.1, 0.15) is 5.69 Å². The van der Waals surface area contributed by atoms with E-state index in [1.807, 2.05) is 30.3 Å². The molecule has 0 radical (unpaired) electrons. The zero-order valence-electron chi connectivity index (χ0n) is 13.2. The highest BCUT2D eigenvalue weighted by Gasteiger charge is 2.19. The molecule has 1 saturated heterocycles. The Morgan fingerprint density at radius 1 is 1.26 bits per heavy atom. The molecule has 1 aliphatic heterocycles. The number of morpholine rings is 1. The normalized spacial score (nSPS) is 15.9. The molecule has 1 aromatic heterocycles. The average molecular weight is 317 g/mol. The molecule has 0 spiro atoms. The van der Waals surface area contributed by atoms with E-state index in [-0.39, 0.29) is 12.5 Å². The fourth-order valence-electron chi connectivity index (χ4n) is 2.88. The summed E-state index contributed by atoms with van der Waals surface area (Å²) in [6.45, 7) is 5.00. The fraction of sp³-hybridized carbons (Fsp3) is 0.471. The van der Waals surface area contributed by atoms with Gasteiger partial charge < -0.3 is 19.7 Å². The predicted molar refractivity (Wildman–Crippen MR) is 88.5 cm³/mol. The lowest BCUT2D eigenvalue weighted by Gasteiger charge is -2.29. The van der Waals surface area contributed by atoms with Gasteiger partial charge in [-0.15, -0.1) is 0 Å². The summed E-state index contributed by atoms with van der Waals surface area (Å²) >= 11 is 0. The molecule has 6 nitrogen and oxygen atoms in total. The van der Waals surface area contributed by atoms with Gasteiger partial charge in [0.25, 0.3) is 5.91 Å². The third-order valence-corrected chi connectivity index (χ3v) is 4.21. The molecule has 2 aromatic rings. The summed E-state index contributed by atoms with van der Waals surface area (Å²) in [6.07, 6.45) is 0. The molecule has 23 heavy (non-hydrogen) atoms. The maximum Gasteiger partial charge on any atom is 0.270 e. The molecule has 1 aromatic carbocycles. The van der Waals surface area contributed by atoms with Gasteiger partial charge >= 0.3 is 0 Å². The molecule has 0 atom stereocenters. The topological polar surface area (TPSA) is 68.8 Å². The van der Waals surface area contributed by atoms with Crippen molar-refractivity contribution in [1.29, 1.82) is 0 Å². The lowest BCUT2D eigenvalue weighted by atomic mass is 10.2. The van der Waals surface area contributed by atoms with Crippen molar-refractivity contribution >= 4 is 16.8 Å². The van der Waals surface area contributed by atoms with Crippen LogP contribution in [0.5, 0.6) is 0 Å². The number of benzene rings is 1. The van der Waals surface area contributed by atoms with Crippen LogP contribution >= 0.6 is 0 Å². The number of amides is 1. The molecule has 1 fully saturated rings. The molecule has 124 valence electrons. The van der Waals surface area contributed by atoms with Crippen LogP contribution in [0, 0.1) is 0 Å². The monoisotopic (exact) mass is 317 g/mol. The van der Waals surface area contributed by atoms with Crippen LogP contribution in [0.15, 0.2) is 30.3 Å².